The summed E-state index contributed by atoms with van der Waals surface area (Å²) in [6, 6.07) is 0.328. The van der Waals surface area contributed by atoms with Crippen LogP contribution < -0.4 is 0 Å². The Morgan fingerprint density at radius 2 is 2.38 bits per heavy atom. The van der Waals surface area contributed by atoms with Crippen molar-refractivity contribution >= 4 is 33.8 Å². The van der Waals surface area contributed by atoms with Gasteiger partial charge in [0.25, 0.3) is 0 Å². The number of hydrogen-bond donors (Lipinski definition) is 0. The van der Waals surface area contributed by atoms with Crippen molar-refractivity contribution in [3.05, 3.63) is 0 Å². The molecular formula is C11H18N2OS2. The maximum Gasteiger partial charge on any atom is 0.236 e. The van der Waals surface area contributed by atoms with E-state index in [1.165, 1.54) is 0 Å². The molecule has 1 fully saturated rings. The van der Waals surface area contributed by atoms with Gasteiger partial charge in [-0.15, -0.1) is 0 Å². The molecule has 0 aromatic heterocycles. The minimum absolute atomic E-state index is 0.112. The summed E-state index contributed by atoms with van der Waals surface area (Å²) in [6.07, 6.45) is 2.13. The van der Waals surface area contributed by atoms with Gasteiger partial charge in [0.1, 0.15) is 4.38 Å². The summed E-state index contributed by atoms with van der Waals surface area (Å²) in [5.74, 6) is 1.39. The molecule has 1 atom stereocenters. The van der Waals surface area contributed by atoms with Gasteiger partial charge in [0.05, 0.1) is 11.8 Å². The van der Waals surface area contributed by atoms with Crippen LogP contribution in [0.15, 0.2) is 4.99 Å². The maximum absolute atomic E-state index is 12.2. The second-order valence-corrected chi connectivity index (χ2v) is 6.90. The van der Waals surface area contributed by atoms with E-state index in [2.05, 4.69) is 18.8 Å². The van der Waals surface area contributed by atoms with Crippen LogP contribution in [0.1, 0.15) is 26.7 Å². The zero-order valence-corrected chi connectivity index (χ0v) is 11.4. The molecule has 5 heteroatoms. The van der Waals surface area contributed by atoms with E-state index in [1.54, 1.807) is 23.5 Å². The average Bonchev–Trinajstić information content (AvgIpc) is 2.73. The molecule has 0 saturated carbocycles. The first kappa shape index (κ1) is 12.3. The number of likely N-dealkylation sites (tertiary alicyclic amines) is 1. The van der Waals surface area contributed by atoms with Gasteiger partial charge in [-0.1, -0.05) is 23.5 Å². The molecule has 1 unspecified atom stereocenters. The van der Waals surface area contributed by atoms with Crippen molar-refractivity contribution < 1.29 is 4.79 Å². The molecule has 2 aliphatic heterocycles. The molecule has 2 aliphatic rings. The number of aliphatic imine (C=N–C) groups is 1. The number of amides is 1. The van der Waals surface area contributed by atoms with E-state index in [0.717, 1.165) is 36.1 Å². The maximum atomic E-state index is 12.2. The lowest BCUT2D eigenvalue weighted by Crippen LogP contribution is -2.46. The molecule has 3 nitrogen and oxygen atoms in total. The molecule has 2 rings (SSSR count). The topological polar surface area (TPSA) is 32.7 Å². The first-order chi connectivity index (χ1) is 7.68. The van der Waals surface area contributed by atoms with Crippen LogP contribution in [0.2, 0.25) is 0 Å². The van der Waals surface area contributed by atoms with Gasteiger partial charge < -0.3 is 4.90 Å². The number of rotatable bonds is 2. The van der Waals surface area contributed by atoms with E-state index < -0.39 is 0 Å². The Morgan fingerprint density at radius 3 is 3.00 bits per heavy atom. The van der Waals surface area contributed by atoms with Crippen molar-refractivity contribution in [1.82, 2.24) is 4.90 Å². The van der Waals surface area contributed by atoms with Crippen LogP contribution in [0.25, 0.3) is 0 Å². The van der Waals surface area contributed by atoms with Crippen LogP contribution in [0, 0.1) is 0 Å². The Balaban J connectivity index is 1.96. The van der Waals surface area contributed by atoms with Crippen molar-refractivity contribution in [3.63, 3.8) is 0 Å². The first-order valence-corrected chi connectivity index (χ1v) is 7.69. The SMILES string of the molecule is CC(C)N1CCCC(SC2=NCCS2)C1=O. The van der Waals surface area contributed by atoms with Crippen LogP contribution in [0.4, 0.5) is 0 Å². The zero-order chi connectivity index (χ0) is 11.5. The molecule has 0 radical (unpaired) electrons. The van der Waals surface area contributed by atoms with Crippen molar-refractivity contribution in [3.8, 4) is 0 Å². The van der Waals surface area contributed by atoms with E-state index in [4.69, 9.17) is 0 Å². The molecule has 16 heavy (non-hydrogen) atoms. The lowest BCUT2D eigenvalue weighted by atomic mass is 10.1. The van der Waals surface area contributed by atoms with Gasteiger partial charge in [0.2, 0.25) is 5.91 Å². The summed E-state index contributed by atoms with van der Waals surface area (Å²) in [7, 11) is 0. The summed E-state index contributed by atoms with van der Waals surface area (Å²) in [5.41, 5.74) is 0. The number of hydrogen-bond acceptors (Lipinski definition) is 4. The highest BCUT2D eigenvalue weighted by molar-refractivity contribution is 8.39. The second-order valence-electron chi connectivity index (χ2n) is 4.37. The Bertz CT molecular complexity index is 304. The van der Waals surface area contributed by atoms with E-state index in [0.29, 0.717) is 11.9 Å². The Kier molecular flexibility index (Phi) is 4.19. The zero-order valence-electron chi connectivity index (χ0n) is 9.81. The van der Waals surface area contributed by atoms with E-state index in [1.807, 2.05) is 4.90 Å². The normalized spacial score (nSPS) is 26.4. The number of carbonyl (C=O) groups is 1. The Morgan fingerprint density at radius 1 is 1.56 bits per heavy atom. The van der Waals surface area contributed by atoms with Crippen molar-refractivity contribution in [2.24, 2.45) is 4.99 Å². The number of thioether (sulfide) groups is 2. The van der Waals surface area contributed by atoms with E-state index >= 15 is 0 Å². The van der Waals surface area contributed by atoms with Gasteiger partial charge in [-0.25, -0.2) is 0 Å². The molecular weight excluding hydrogens is 240 g/mol. The van der Waals surface area contributed by atoms with E-state index in [-0.39, 0.29) is 5.25 Å². The first-order valence-electron chi connectivity index (χ1n) is 5.83. The van der Waals surface area contributed by atoms with Crippen molar-refractivity contribution in [2.45, 2.75) is 38.0 Å². The molecule has 90 valence electrons. The second kappa shape index (κ2) is 5.45. The fourth-order valence-corrected chi connectivity index (χ4v) is 4.34. The van der Waals surface area contributed by atoms with Crippen LogP contribution in [0.3, 0.4) is 0 Å². The highest BCUT2D eigenvalue weighted by atomic mass is 32.2. The smallest absolute Gasteiger partial charge is 0.236 e. The molecule has 0 spiro atoms. The van der Waals surface area contributed by atoms with Crippen molar-refractivity contribution in [1.29, 1.82) is 0 Å². The third kappa shape index (κ3) is 2.74. The van der Waals surface area contributed by atoms with Gasteiger partial charge in [0.15, 0.2) is 0 Å². The fraction of sp³-hybridized carbons (Fsp3) is 0.818. The van der Waals surface area contributed by atoms with Gasteiger partial charge in [-0.3, -0.25) is 9.79 Å². The summed E-state index contributed by atoms with van der Waals surface area (Å²) in [4.78, 5) is 18.6. The molecule has 0 bridgehead atoms. The highest BCUT2D eigenvalue weighted by Gasteiger charge is 2.32. The minimum Gasteiger partial charge on any atom is -0.339 e. The summed E-state index contributed by atoms with van der Waals surface area (Å²) in [5, 5.41) is 0.112. The summed E-state index contributed by atoms with van der Waals surface area (Å²) in [6.45, 7) is 6.02. The van der Waals surface area contributed by atoms with Crippen LogP contribution in [-0.4, -0.2) is 45.3 Å². The minimum atomic E-state index is 0.112. The van der Waals surface area contributed by atoms with Crippen LogP contribution in [0.5, 0.6) is 0 Å². The van der Waals surface area contributed by atoms with E-state index in [9.17, 15) is 4.79 Å². The lowest BCUT2D eigenvalue weighted by molar-refractivity contribution is -0.134. The van der Waals surface area contributed by atoms with Crippen LogP contribution in [-0.2, 0) is 4.79 Å². The Labute approximate surface area is 105 Å². The van der Waals surface area contributed by atoms with Crippen LogP contribution >= 0.6 is 23.5 Å². The number of nitrogens with zero attached hydrogens (tertiary/aromatic N) is 2. The molecule has 1 amide bonds. The molecule has 0 aromatic carbocycles. The van der Waals surface area contributed by atoms with Gasteiger partial charge in [0, 0.05) is 18.3 Å². The summed E-state index contributed by atoms with van der Waals surface area (Å²) < 4.78 is 1.11. The summed E-state index contributed by atoms with van der Waals surface area (Å²) >= 11 is 3.47. The highest BCUT2D eigenvalue weighted by Crippen LogP contribution is 2.31. The molecule has 0 aromatic rings. The molecule has 0 N–H and O–H groups in total. The largest absolute Gasteiger partial charge is 0.339 e. The predicted octanol–water partition coefficient (Wildman–Crippen LogP) is 2.22. The quantitative estimate of drug-likeness (QED) is 0.761. The third-order valence-electron chi connectivity index (χ3n) is 2.85. The number of piperidine rings is 1. The van der Waals surface area contributed by atoms with Crippen molar-refractivity contribution in [2.75, 3.05) is 18.8 Å². The number of carbonyl (C=O) groups excluding carboxylic acids is 1. The molecule has 2 heterocycles. The molecule has 0 aliphatic carbocycles. The Hall–Kier alpha value is -0.160. The fourth-order valence-electron chi connectivity index (χ4n) is 2.00. The third-order valence-corrected chi connectivity index (χ3v) is 5.31. The standard InChI is InChI=1S/C11H18N2OS2/c1-8(2)13-6-3-4-9(10(13)14)16-11-12-5-7-15-11/h8-9H,3-7H2,1-2H3. The average molecular weight is 258 g/mol. The van der Waals surface area contributed by atoms with Gasteiger partial charge >= 0.3 is 0 Å². The predicted molar refractivity (Wildman–Crippen MR) is 72.2 cm³/mol. The van der Waals surface area contributed by atoms with Gasteiger partial charge in [-0.05, 0) is 26.7 Å². The monoisotopic (exact) mass is 258 g/mol. The lowest BCUT2D eigenvalue weighted by Gasteiger charge is -2.34. The van der Waals surface area contributed by atoms with Gasteiger partial charge in [-0.2, -0.15) is 0 Å². The molecule has 1 saturated heterocycles.